The van der Waals surface area contributed by atoms with E-state index in [0.717, 1.165) is 10.6 Å². The van der Waals surface area contributed by atoms with Crippen LogP contribution in [0.4, 0.5) is 5.69 Å². The molecule has 0 heterocycles. The summed E-state index contributed by atoms with van der Waals surface area (Å²) in [5.74, 6) is 0. The van der Waals surface area contributed by atoms with E-state index < -0.39 is 0 Å². The zero-order valence-corrected chi connectivity index (χ0v) is 10.3. The van der Waals surface area contributed by atoms with Gasteiger partial charge in [-0.05, 0) is 31.2 Å². The van der Waals surface area contributed by atoms with Crippen LogP contribution in [-0.2, 0) is 0 Å². The van der Waals surface area contributed by atoms with Crippen molar-refractivity contribution in [3.63, 3.8) is 0 Å². The largest absolute Gasteiger partial charge is 0.292 e. The van der Waals surface area contributed by atoms with Crippen LogP contribution in [0.15, 0.2) is 58.3 Å². The first-order valence-electron chi connectivity index (χ1n) is 5.28. The Labute approximate surface area is 105 Å². The average Bonchev–Trinajstić information content (AvgIpc) is 2.35. The van der Waals surface area contributed by atoms with Crippen LogP contribution >= 0.6 is 11.8 Å². The fraction of sp³-hybridized carbons (Fsp3) is 0.0714. The maximum Gasteiger partial charge on any atom is 0.181 e. The smallest absolute Gasteiger partial charge is 0.181 e. The van der Waals surface area contributed by atoms with Crippen molar-refractivity contribution in [2.75, 3.05) is 5.32 Å². The summed E-state index contributed by atoms with van der Waals surface area (Å²) >= 11 is 1.65. The summed E-state index contributed by atoms with van der Waals surface area (Å²) in [5.41, 5.74) is 2.10. The van der Waals surface area contributed by atoms with Crippen molar-refractivity contribution in [1.82, 2.24) is 0 Å². The van der Waals surface area contributed by atoms with Crippen LogP contribution in [0.5, 0.6) is 0 Å². The molecule has 0 bridgehead atoms. The molecule has 2 rings (SSSR count). The fourth-order valence-electron chi connectivity index (χ4n) is 1.45. The number of nitrogens with one attached hydrogen (secondary N) is 1. The van der Waals surface area contributed by atoms with Gasteiger partial charge in [0.15, 0.2) is 6.19 Å². The van der Waals surface area contributed by atoms with Crippen LogP contribution in [0.25, 0.3) is 0 Å². The lowest BCUT2D eigenvalue weighted by Gasteiger charge is -2.06. The first-order chi connectivity index (χ1) is 8.29. The maximum absolute atomic E-state index is 8.68. The highest BCUT2D eigenvalue weighted by Gasteiger charge is 2.02. The van der Waals surface area contributed by atoms with Crippen LogP contribution < -0.4 is 5.32 Å². The molecule has 3 heteroatoms. The molecule has 0 amide bonds. The van der Waals surface area contributed by atoms with E-state index in [-0.39, 0.29) is 0 Å². The van der Waals surface area contributed by atoms with E-state index >= 15 is 0 Å². The van der Waals surface area contributed by atoms with Crippen LogP contribution in [-0.4, -0.2) is 0 Å². The highest BCUT2D eigenvalue weighted by molar-refractivity contribution is 7.99. The van der Waals surface area contributed by atoms with Crippen LogP contribution in [0, 0.1) is 18.4 Å². The van der Waals surface area contributed by atoms with Crippen LogP contribution in [0.2, 0.25) is 0 Å². The van der Waals surface area contributed by atoms with Gasteiger partial charge >= 0.3 is 0 Å². The van der Waals surface area contributed by atoms with Crippen molar-refractivity contribution in [2.45, 2.75) is 16.7 Å². The van der Waals surface area contributed by atoms with Gasteiger partial charge in [-0.2, -0.15) is 5.26 Å². The van der Waals surface area contributed by atoms with E-state index in [1.807, 2.05) is 30.5 Å². The van der Waals surface area contributed by atoms with Gasteiger partial charge in [-0.25, -0.2) is 0 Å². The lowest BCUT2D eigenvalue weighted by Crippen LogP contribution is -1.89. The number of para-hydroxylation sites is 1. The Hall–Kier alpha value is -1.92. The predicted octanol–water partition coefficient (Wildman–Crippen LogP) is 4.04. The molecule has 0 spiro atoms. The van der Waals surface area contributed by atoms with Gasteiger partial charge in [0.2, 0.25) is 0 Å². The summed E-state index contributed by atoms with van der Waals surface area (Å²) in [6.07, 6.45) is 1.96. The van der Waals surface area contributed by atoms with Gasteiger partial charge in [0.1, 0.15) is 0 Å². The molecular formula is C14H12N2S. The highest BCUT2D eigenvalue weighted by Crippen LogP contribution is 2.33. The third-order valence-electron chi connectivity index (χ3n) is 2.33. The molecule has 0 aliphatic rings. The Balaban J connectivity index is 2.24. The SMILES string of the molecule is Cc1ccc(Sc2ccccc2NC#N)cc1. The van der Waals surface area contributed by atoms with E-state index in [0.29, 0.717) is 0 Å². The van der Waals surface area contributed by atoms with Crippen molar-refractivity contribution in [3.05, 3.63) is 54.1 Å². The van der Waals surface area contributed by atoms with Crippen LogP contribution in [0.3, 0.4) is 0 Å². The highest BCUT2D eigenvalue weighted by atomic mass is 32.2. The fourth-order valence-corrected chi connectivity index (χ4v) is 2.35. The van der Waals surface area contributed by atoms with Crippen molar-refractivity contribution in [1.29, 1.82) is 5.26 Å². The number of nitrogens with zero attached hydrogens (tertiary/aromatic N) is 1. The second-order valence-electron chi connectivity index (χ2n) is 3.65. The third-order valence-corrected chi connectivity index (χ3v) is 3.41. The zero-order chi connectivity index (χ0) is 12.1. The first-order valence-corrected chi connectivity index (χ1v) is 6.10. The Morgan fingerprint density at radius 2 is 1.76 bits per heavy atom. The Bertz CT molecular complexity index is 541. The van der Waals surface area contributed by atoms with Crippen molar-refractivity contribution in [2.24, 2.45) is 0 Å². The Kier molecular flexibility index (Phi) is 3.69. The molecule has 2 aromatic carbocycles. The van der Waals surface area contributed by atoms with E-state index in [4.69, 9.17) is 5.26 Å². The molecule has 17 heavy (non-hydrogen) atoms. The van der Waals surface area contributed by atoms with E-state index in [2.05, 4.69) is 36.5 Å². The number of hydrogen-bond acceptors (Lipinski definition) is 3. The predicted molar refractivity (Wildman–Crippen MR) is 71.0 cm³/mol. The topological polar surface area (TPSA) is 35.8 Å². The maximum atomic E-state index is 8.68. The molecule has 0 unspecified atom stereocenters. The lowest BCUT2D eigenvalue weighted by atomic mass is 10.2. The molecule has 0 aromatic heterocycles. The number of rotatable bonds is 3. The molecule has 0 radical (unpaired) electrons. The van der Waals surface area contributed by atoms with Gasteiger partial charge in [-0.1, -0.05) is 41.6 Å². The Morgan fingerprint density at radius 3 is 2.47 bits per heavy atom. The molecule has 2 aromatic rings. The van der Waals surface area contributed by atoms with Crippen LogP contribution in [0.1, 0.15) is 5.56 Å². The summed E-state index contributed by atoms with van der Waals surface area (Å²) in [4.78, 5) is 2.22. The Morgan fingerprint density at radius 1 is 1.06 bits per heavy atom. The van der Waals surface area contributed by atoms with Gasteiger partial charge in [0, 0.05) is 9.79 Å². The molecule has 0 aliphatic carbocycles. The normalized spacial score (nSPS) is 9.65. The number of benzene rings is 2. The molecule has 0 atom stereocenters. The second kappa shape index (κ2) is 5.42. The number of hydrogen-bond donors (Lipinski definition) is 1. The summed E-state index contributed by atoms with van der Waals surface area (Å²) in [7, 11) is 0. The van der Waals surface area contributed by atoms with Gasteiger partial charge in [0.05, 0.1) is 5.69 Å². The summed E-state index contributed by atoms with van der Waals surface area (Å²) in [5, 5.41) is 11.4. The average molecular weight is 240 g/mol. The minimum absolute atomic E-state index is 0.848. The van der Waals surface area contributed by atoms with Gasteiger partial charge in [-0.3, -0.25) is 5.32 Å². The van der Waals surface area contributed by atoms with Crippen molar-refractivity contribution in [3.8, 4) is 6.19 Å². The van der Waals surface area contributed by atoms with Gasteiger partial charge in [0.25, 0.3) is 0 Å². The number of aryl methyl sites for hydroxylation is 1. The quantitative estimate of drug-likeness (QED) is 0.649. The van der Waals surface area contributed by atoms with Crippen molar-refractivity contribution < 1.29 is 0 Å². The molecule has 0 saturated heterocycles. The minimum atomic E-state index is 0.848. The third kappa shape index (κ3) is 3.02. The van der Waals surface area contributed by atoms with E-state index in [1.54, 1.807) is 11.8 Å². The summed E-state index contributed by atoms with van der Waals surface area (Å²) in [6, 6.07) is 16.1. The molecule has 1 N–H and O–H groups in total. The molecule has 0 saturated carbocycles. The first kappa shape index (κ1) is 11.6. The molecule has 0 aliphatic heterocycles. The van der Waals surface area contributed by atoms with E-state index in [9.17, 15) is 0 Å². The number of nitriles is 1. The second-order valence-corrected chi connectivity index (χ2v) is 4.76. The molecule has 0 fully saturated rings. The zero-order valence-electron chi connectivity index (χ0n) is 9.47. The summed E-state index contributed by atoms with van der Waals surface area (Å²) < 4.78 is 0. The molecule has 84 valence electrons. The molecular weight excluding hydrogens is 228 g/mol. The number of anilines is 1. The molecule has 2 nitrogen and oxygen atoms in total. The minimum Gasteiger partial charge on any atom is -0.292 e. The van der Waals surface area contributed by atoms with Gasteiger partial charge in [-0.15, -0.1) is 0 Å². The van der Waals surface area contributed by atoms with Crippen molar-refractivity contribution >= 4 is 17.4 Å². The van der Waals surface area contributed by atoms with E-state index in [1.165, 1.54) is 10.5 Å². The summed E-state index contributed by atoms with van der Waals surface area (Å²) in [6.45, 7) is 2.07. The van der Waals surface area contributed by atoms with Gasteiger partial charge < -0.3 is 0 Å². The lowest BCUT2D eigenvalue weighted by molar-refractivity contribution is 1.35. The standard InChI is InChI=1S/C14H12N2S/c1-11-6-8-12(9-7-11)17-14-5-3-2-4-13(14)16-10-15/h2-9,16H,1H3. The monoisotopic (exact) mass is 240 g/mol.